The molecule has 0 amide bonds. The van der Waals surface area contributed by atoms with Crippen molar-refractivity contribution in [2.24, 2.45) is 9.98 Å². The van der Waals surface area contributed by atoms with Crippen LogP contribution in [-0.4, -0.2) is 36.9 Å². The summed E-state index contributed by atoms with van der Waals surface area (Å²) < 4.78 is 11.9. The number of phenolic OH excluding ortho intramolecular Hbond substituents is 2. The topological polar surface area (TPSA) is 83.6 Å². The highest BCUT2D eigenvalue weighted by atomic mass is 79.9. The van der Waals surface area contributed by atoms with E-state index in [0.717, 1.165) is 20.2 Å². The lowest BCUT2D eigenvalue weighted by molar-refractivity contribution is 0.373. The molecule has 0 saturated heterocycles. The normalized spacial score (nSPS) is 11.4. The van der Waals surface area contributed by atoms with Gasteiger partial charge in [0.1, 0.15) is 0 Å². The number of aromatic hydroxyl groups is 2. The van der Waals surface area contributed by atoms with Gasteiger partial charge >= 0.3 is 0 Å². The lowest BCUT2D eigenvalue weighted by atomic mass is 10.1. The number of benzene rings is 3. The van der Waals surface area contributed by atoms with Gasteiger partial charge in [-0.05, 0) is 55.0 Å². The maximum absolute atomic E-state index is 10.3. The predicted octanol–water partition coefficient (Wildman–Crippen LogP) is 6.45. The van der Waals surface area contributed by atoms with Gasteiger partial charge in [-0.25, -0.2) is 0 Å². The van der Waals surface area contributed by atoms with Gasteiger partial charge in [0.05, 0.1) is 25.6 Å². The summed E-state index contributed by atoms with van der Waals surface area (Å²) in [6, 6.07) is 12.4. The summed E-state index contributed by atoms with van der Waals surface area (Å²) >= 11 is 6.79. The Balaban J connectivity index is 1.85. The number of ether oxygens (including phenoxy) is 2. The molecular weight excluding hydrogens is 528 g/mol. The average Bonchev–Trinajstić information content (AvgIpc) is 2.75. The zero-order chi connectivity index (χ0) is 22.5. The molecule has 0 radical (unpaired) electrons. The predicted molar refractivity (Wildman–Crippen MR) is 130 cm³/mol. The minimum Gasteiger partial charge on any atom is -0.504 e. The number of hydrogen-bond donors (Lipinski definition) is 2. The Labute approximate surface area is 197 Å². The summed E-state index contributed by atoms with van der Waals surface area (Å²) in [5.41, 5.74) is 3.42. The first-order valence-electron chi connectivity index (χ1n) is 9.14. The Hall–Kier alpha value is -2.84. The Kier molecular flexibility index (Phi) is 7.35. The molecule has 160 valence electrons. The van der Waals surface area contributed by atoms with E-state index in [4.69, 9.17) is 9.47 Å². The van der Waals surface area contributed by atoms with E-state index in [2.05, 4.69) is 41.8 Å². The zero-order valence-electron chi connectivity index (χ0n) is 17.1. The van der Waals surface area contributed by atoms with Crippen LogP contribution < -0.4 is 9.47 Å². The molecule has 0 aromatic heterocycles. The second-order valence-electron chi connectivity index (χ2n) is 6.58. The molecule has 3 aromatic rings. The van der Waals surface area contributed by atoms with Gasteiger partial charge in [-0.3, -0.25) is 9.98 Å². The molecule has 0 aliphatic heterocycles. The molecule has 31 heavy (non-hydrogen) atoms. The third-order valence-corrected chi connectivity index (χ3v) is 5.37. The van der Waals surface area contributed by atoms with Crippen LogP contribution in [0.3, 0.4) is 0 Å². The van der Waals surface area contributed by atoms with E-state index in [1.54, 1.807) is 36.7 Å². The lowest BCUT2D eigenvalue weighted by Crippen LogP contribution is -1.90. The fourth-order valence-electron chi connectivity index (χ4n) is 2.84. The number of hydrogen-bond acceptors (Lipinski definition) is 6. The summed E-state index contributed by atoms with van der Waals surface area (Å²) in [4.78, 5) is 8.93. The average molecular weight is 548 g/mol. The highest BCUT2D eigenvalue weighted by molar-refractivity contribution is 9.10. The third-order valence-electron chi connectivity index (χ3n) is 4.45. The fraction of sp³-hybridized carbons (Fsp3) is 0.130. The number of halogens is 2. The summed E-state index contributed by atoms with van der Waals surface area (Å²) in [5, 5.41) is 20.5. The van der Waals surface area contributed by atoms with Gasteiger partial charge in [0.2, 0.25) is 0 Å². The molecule has 0 aliphatic carbocycles. The van der Waals surface area contributed by atoms with E-state index in [-0.39, 0.29) is 11.5 Å². The van der Waals surface area contributed by atoms with Gasteiger partial charge in [-0.2, -0.15) is 0 Å². The lowest BCUT2D eigenvalue weighted by Gasteiger charge is -2.07. The fourth-order valence-corrected chi connectivity index (χ4v) is 3.75. The molecule has 2 N–H and O–H groups in total. The van der Waals surface area contributed by atoms with Crippen LogP contribution in [0.2, 0.25) is 0 Å². The van der Waals surface area contributed by atoms with Crippen molar-refractivity contribution < 1.29 is 19.7 Å². The number of phenols is 2. The van der Waals surface area contributed by atoms with Gasteiger partial charge in [-0.15, -0.1) is 0 Å². The van der Waals surface area contributed by atoms with E-state index in [1.165, 1.54) is 14.2 Å². The molecule has 0 heterocycles. The Morgan fingerprint density at radius 2 is 1.29 bits per heavy atom. The maximum atomic E-state index is 10.3. The molecule has 6 nitrogen and oxygen atoms in total. The molecular formula is C23H20Br2N2O4. The third kappa shape index (κ3) is 5.45. The molecule has 8 heteroatoms. The SMILES string of the molecule is COc1cc(Br)cc(C=Nc2ccc(N=Cc3cc(Br)cc(OC)c3O)c(C)c2)c1O. The minimum absolute atomic E-state index is 0.0247. The van der Waals surface area contributed by atoms with Crippen molar-refractivity contribution in [2.45, 2.75) is 6.92 Å². The zero-order valence-corrected chi connectivity index (χ0v) is 20.2. The van der Waals surface area contributed by atoms with Gasteiger partial charge < -0.3 is 19.7 Å². The van der Waals surface area contributed by atoms with Crippen molar-refractivity contribution in [3.63, 3.8) is 0 Å². The monoisotopic (exact) mass is 546 g/mol. The quantitative estimate of drug-likeness (QED) is 0.347. The second-order valence-corrected chi connectivity index (χ2v) is 8.41. The highest BCUT2D eigenvalue weighted by Gasteiger charge is 2.09. The van der Waals surface area contributed by atoms with E-state index < -0.39 is 0 Å². The Bertz CT molecular complexity index is 1180. The van der Waals surface area contributed by atoms with Crippen molar-refractivity contribution in [3.05, 3.63) is 68.1 Å². The van der Waals surface area contributed by atoms with Gasteiger partial charge in [0.15, 0.2) is 23.0 Å². The molecule has 3 rings (SSSR count). The number of nitrogens with zero attached hydrogens (tertiary/aromatic N) is 2. The molecule has 3 aromatic carbocycles. The number of aliphatic imine (C=N–C) groups is 2. The number of methoxy groups -OCH3 is 2. The molecule has 0 bridgehead atoms. The first kappa shape index (κ1) is 22.8. The first-order valence-corrected chi connectivity index (χ1v) is 10.7. The van der Waals surface area contributed by atoms with Crippen LogP contribution in [0.1, 0.15) is 16.7 Å². The smallest absolute Gasteiger partial charge is 0.166 e. The van der Waals surface area contributed by atoms with Crippen LogP contribution in [0.25, 0.3) is 0 Å². The second kappa shape index (κ2) is 9.98. The van der Waals surface area contributed by atoms with Gasteiger partial charge in [0, 0.05) is 32.5 Å². The van der Waals surface area contributed by atoms with Crippen LogP contribution in [-0.2, 0) is 0 Å². The van der Waals surface area contributed by atoms with Crippen LogP contribution in [0.5, 0.6) is 23.0 Å². The summed E-state index contributed by atoms with van der Waals surface area (Å²) in [6.07, 6.45) is 3.16. The van der Waals surface area contributed by atoms with Crippen molar-refractivity contribution in [3.8, 4) is 23.0 Å². The van der Waals surface area contributed by atoms with E-state index in [1.807, 2.05) is 25.1 Å². The Morgan fingerprint density at radius 3 is 1.77 bits per heavy atom. The highest BCUT2D eigenvalue weighted by Crippen LogP contribution is 2.34. The van der Waals surface area contributed by atoms with Crippen LogP contribution >= 0.6 is 31.9 Å². The van der Waals surface area contributed by atoms with Crippen molar-refractivity contribution >= 4 is 55.7 Å². The van der Waals surface area contributed by atoms with Crippen molar-refractivity contribution in [1.29, 1.82) is 0 Å². The molecule has 0 saturated carbocycles. The largest absolute Gasteiger partial charge is 0.504 e. The van der Waals surface area contributed by atoms with E-state index in [9.17, 15) is 10.2 Å². The van der Waals surface area contributed by atoms with E-state index in [0.29, 0.717) is 28.3 Å². The summed E-state index contributed by atoms with van der Waals surface area (Å²) in [7, 11) is 2.99. The molecule has 0 fully saturated rings. The number of aryl methyl sites for hydroxylation is 1. The first-order chi connectivity index (χ1) is 14.8. The minimum atomic E-state index is 0.0247. The van der Waals surface area contributed by atoms with E-state index >= 15 is 0 Å². The van der Waals surface area contributed by atoms with Gasteiger partial charge in [-0.1, -0.05) is 31.9 Å². The summed E-state index contributed by atoms with van der Waals surface area (Å²) in [6.45, 7) is 1.92. The van der Waals surface area contributed by atoms with Crippen LogP contribution in [0, 0.1) is 6.92 Å². The molecule has 0 aliphatic rings. The molecule has 0 atom stereocenters. The number of rotatable bonds is 6. The molecule has 0 unspecified atom stereocenters. The van der Waals surface area contributed by atoms with Crippen LogP contribution in [0.4, 0.5) is 11.4 Å². The van der Waals surface area contributed by atoms with Crippen molar-refractivity contribution in [1.82, 2.24) is 0 Å². The van der Waals surface area contributed by atoms with Crippen LogP contribution in [0.15, 0.2) is 61.4 Å². The summed E-state index contributed by atoms with van der Waals surface area (Å²) in [5.74, 6) is 0.781. The maximum Gasteiger partial charge on any atom is 0.166 e. The van der Waals surface area contributed by atoms with Gasteiger partial charge in [0.25, 0.3) is 0 Å². The Morgan fingerprint density at radius 1 is 0.774 bits per heavy atom. The molecule has 0 spiro atoms. The van der Waals surface area contributed by atoms with Crippen molar-refractivity contribution in [2.75, 3.05) is 14.2 Å². The standard InChI is InChI=1S/C23H20Br2N2O4/c1-13-6-18(26-11-14-7-16(24)9-20(30-2)22(14)28)4-5-19(13)27-12-15-8-17(25)10-21(31-3)23(15)29/h4-12,28-29H,1-3H3.